The molecule has 0 unspecified atom stereocenters. The van der Waals surface area contributed by atoms with Crippen LogP contribution in [0.1, 0.15) is 28.8 Å². The molecule has 146 valence electrons. The van der Waals surface area contributed by atoms with Crippen LogP contribution >= 0.6 is 0 Å². The van der Waals surface area contributed by atoms with E-state index in [2.05, 4.69) is 9.97 Å². The van der Waals surface area contributed by atoms with Gasteiger partial charge in [-0.1, -0.05) is 12.1 Å². The van der Waals surface area contributed by atoms with E-state index in [4.69, 9.17) is 9.47 Å². The summed E-state index contributed by atoms with van der Waals surface area (Å²) in [5, 5.41) is 0.428. The number of hydrogen-bond acceptors (Lipinski definition) is 4. The van der Waals surface area contributed by atoms with Gasteiger partial charge < -0.3 is 24.3 Å². The van der Waals surface area contributed by atoms with Crippen molar-refractivity contribution in [2.24, 2.45) is 0 Å². The van der Waals surface area contributed by atoms with E-state index >= 15 is 0 Å². The average Bonchev–Trinajstić information content (AvgIpc) is 3.18. The van der Waals surface area contributed by atoms with Crippen molar-refractivity contribution in [2.75, 3.05) is 20.2 Å². The highest BCUT2D eigenvalue weighted by atomic mass is 16.5. The lowest BCUT2D eigenvalue weighted by atomic mass is 10.1. The number of piperidine rings is 1. The van der Waals surface area contributed by atoms with Gasteiger partial charge in [-0.2, -0.15) is 0 Å². The highest BCUT2D eigenvalue weighted by molar-refractivity contribution is 6.07. The Morgan fingerprint density at radius 2 is 1.82 bits per heavy atom. The van der Waals surface area contributed by atoms with Gasteiger partial charge in [0, 0.05) is 38.3 Å². The topological polar surface area (TPSA) is 87.4 Å². The summed E-state index contributed by atoms with van der Waals surface area (Å²) >= 11 is 0. The predicted octanol–water partition coefficient (Wildman–Crippen LogP) is 2.86. The molecular formula is C21H23N3O4. The van der Waals surface area contributed by atoms with Crippen molar-refractivity contribution < 1.29 is 14.3 Å². The van der Waals surface area contributed by atoms with E-state index in [1.165, 1.54) is 0 Å². The fourth-order valence-electron chi connectivity index (χ4n) is 3.70. The van der Waals surface area contributed by atoms with Crippen LogP contribution < -0.4 is 15.0 Å². The van der Waals surface area contributed by atoms with Crippen LogP contribution in [-0.4, -0.2) is 47.1 Å². The normalized spacial score (nSPS) is 15.0. The summed E-state index contributed by atoms with van der Waals surface area (Å²) < 4.78 is 11.4. The number of benzene rings is 1. The molecule has 28 heavy (non-hydrogen) atoms. The van der Waals surface area contributed by atoms with Gasteiger partial charge in [0.1, 0.15) is 6.10 Å². The maximum atomic E-state index is 13.0. The van der Waals surface area contributed by atoms with E-state index < -0.39 is 0 Å². The van der Waals surface area contributed by atoms with Crippen molar-refractivity contribution in [3.8, 4) is 11.5 Å². The Labute approximate surface area is 162 Å². The van der Waals surface area contributed by atoms with Crippen LogP contribution in [0.3, 0.4) is 0 Å². The lowest BCUT2D eigenvalue weighted by molar-refractivity contribution is 0.0592. The van der Waals surface area contributed by atoms with Crippen molar-refractivity contribution in [2.45, 2.75) is 25.9 Å². The third-order valence-electron chi connectivity index (χ3n) is 5.24. The number of carbonyl (C=O) groups excluding carboxylic acids is 1. The van der Waals surface area contributed by atoms with E-state index in [1.807, 2.05) is 31.2 Å². The van der Waals surface area contributed by atoms with E-state index in [0.29, 0.717) is 41.1 Å². The summed E-state index contributed by atoms with van der Waals surface area (Å²) in [6.07, 6.45) is 4.75. The number of nitrogens with one attached hydrogen (secondary N) is 2. The van der Waals surface area contributed by atoms with E-state index in [1.54, 1.807) is 24.4 Å². The van der Waals surface area contributed by atoms with Crippen molar-refractivity contribution >= 4 is 16.8 Å². The molecule has 0 radical (unpaired) electrons. The van der Waals surface area contributed by atoms with Crippen LogP contribution in [0.4, 0.5) is 0 Å². The monoisotopic (exact) mass is 381 g/mol. The zero-order valence-corrected chi connectivity index (χ0v) is 16.0. The summed E-state index contributed by atoms with van der Waals surface area (Å²) in [5.41, 5.74) is 1.78. The minimum absolute atomic E-state index is 0.0222. The summed E-state index contributed by atoms with van der Waals surface area (Å²) in [7, 11) is 1.62. The number of aryl methyl sites for hydroxylation is 1. The molecule has 0 spiro atoms. The fraction of sp³-hybridized carbons (Fsp3) is 0.333. The van der Waals surface area contributed by atoms with Gasteiger partial charge in [0.05, 0.1) is 23.6 Å². The van der Waals surface area contributed by atoms with Gasteiger partial charge >= 0.3 is 0 Å². The Hall–Kier alpha value is -3.22. The van der Waals surface area contributed by atoms with E-state index in [-0.39, 0.29) is 17.6 Å². The third-order valence-corrected chi connectivity index (χ3v) is 5.24. The molecule has 3 aromatic rings. The molecule has 1 amide bonds. The number of methoxy groups -OCH3 is 1. The number of likely N-dealkylation sites (tertiary alicyclic amines) is 1. The smallest absolute Gasteiger partial charge is 0.258 e. The summed E-state index contributed by atoms with van der Waals surface area (Å²) in [5.74, 6) is 1.29. The zero-order chi connectivity index (χ0) is 19.7. The maximum Gasteiger partial charge on any atom is 0.258 e. The highest BCUT2D eigenvalue weighted by Crippen LogP contribution is 2.29. The Kier molecular flexibility index (Phi) is 4.81. The number of aromatic amines is 2. The second kappa shape index (κ2) is 7.42. The summed E-state index contributed by atoms with van der Waals surface area (Å²) in [4.78, 5) is 32.8. The minimum Gasteiger partial charge on any atom is -0.493 e. The zero-order valence-electron chi connectivity index (χ0n) is 16.0. The van der Waals surface area contributed by atoms with Gasteiger partial charge in [-0.15, -0.1) is 0 Å². The first kappa shape index (κ1) is 18.2. The molecule has 1 aromatic carbocycles. The third kappa shape index (κ3) is 3.24. The van der Waals surface area contributed by atoms with Gasteiger partial charge in [0.25, 0.3) is 11.5 Å². The molecule has 3 heterocycles. The first-order valence-electron chi connectivity index (χ1n) is 9.37. The summed E-state index contributed by atoms with van der Waals surface area (Å²) in [6, 6.07) is 7.56. The van der Waals surface area contributed by atoms with Crippen LogP contribution in [0.5, 0.6) is 11.5 Å². The van der Waals surface area contributed by atoms with Crippen LogP contribution in [0.25, 0.3) is 10.9 Å². The van der Waals surface area contributed by atoms with Gasteiger partial charge in [0.15, 0.2) is 11.5 Å². The molecule has 4 rings (SSSR count). The van der Waals surface area contributed by atoms with Crippen LogP contribution in [0.2, 0.25) is 0 Å². The molecule has 0 atom stereocenters. The Morgan fingerprint density at radius 3 is 2.54 bits per heavy atom. The number of para-hydroxylation sites is 2. The number of carbonyl (C=O) groups is 1. The lowest BCUT2D eigenvalue weighted by Gasteiger charge is -2.32. The van der Waals surface area contributed by atoms with Crippen LogP contribution in [-0.2, 0) is 0 Å². The van der Waals surface area contributed by atoms with Crippen molar-refractivity contribution in [1.82, 2.24) is 14.9 Å². The highest BCUT2D eigenvalue weighted by Gasteiger charge is 2.27. The van der Waals surface area contributed by atoms with Gasteiger partial charge in [-0.3, -0.25) is 9.59 Å². The summed E-state index contributed by atoms with van der Waals surface area (Å²) in [6.45, 7) is 3.05. The number of aromatic nitrogens is 2. The molecule has 2 N–H and O–H groups in total. The quantitative estimate of drug-likeness (QED) is 0.727. The predicted molar refractivity (Wildman–Crippen MR) is 106 cm³/mol. The fourth-order valence-corrected chi connectivity index (χ4v) is 3.70. The molecule has 1 fully saturated rings. The number of fused-ring (bicyclic) bond motifs is 1. The second-order valence-corrected chi connectivity index (χ2v) is 7.01. The molecule has 7 heteroatoms. The number of hydrogen-bond donors (Lipinski definition) is 2. The Bertz CT molecular complexity index is 1060. The van der Waals surface area contributed by atoms with Gasteiger partial charge in [0.2, 0.25) is 0 Å². The minimum atomic E-state index is -0.250. The Balaban J connectivity index is 1.46. The number of ether oxygens (including phenoxy) is 2. The maximum absolute atomic E-state index is 13.0. The SMILES string of the molecule is COc1ccccc1OC1CCN(C(=O)c2c[nH]c3c(C)c[nH]c(=O)c23)CC1. The van der Waals surface area contributed by atoms with E-state index in [9.17, 15) is 9.59 Å². The standard InChI is InChI=1S/C21H23N3O4/c1-13-11-23-20(25)18-15(12-22-19(13)18)21(26)24-9-7-14(8-10-24)28-17-6-4-3-5-16(17)27-2/h3-6,11-12,14,22H,7-10H2,1-2H3,(H,23,25). The van der Waals surface area contributed by atoms with E-state index in [0.717, 1.165) is 18.4 Å². The molecule has 0 saturated carbocycles. The van der Waals surface area contributed by atoms with Crippen LogP contribution in [0.15, 0.2) is 41.5 Å². The largest absolute Gasteiger partial charge is 0.493 e. The first-order chi connectivity index (χ1) is 13.6. The molecule has 0 aliphatic carbocycles. The van der Waals surface area contributed by atoms with Gasteiger partial charge in [-0.05, 0) is 24.6 Å². The van der Waals surface area contributed by atoms with Crippen LogP contribution in [0, 0.1) is 6.92 Å². The second-order valence-electron chi connectivity index (χ2n) is 7.01. The number of amides is 1. The van der Waals surface area contributed by atoms with Crippen molar-refractivity contribution in [3.05, 3.63) is 58.1 Å². The van der Waals surface area contributed by atoms with Gasteiger partial charge in [-0.25, -0.2) is 0 Å². The Morgan fingerprint density at radius 1 is 1.11 bits per heavy atom. The molecule has 1 aliphatic heterocycles. The van der Waals surface area contributed by atoms with Crippen molar-refractivity contribution in [3.63, 3.8) is 0 Å². The number of nitrogens with zero attached hydrogens (tertiary/aromatic N) is 1. The lowest BCUT2D eigenvalue weighted by Crippen LogP contribution is -2.42. The number of H-pyrrole nitrogens is 2. The number of pyridine rings is 1. The number of rotatable bonds is 4. The molecule has 1 aliphatic rings. The molecule has 1 saturated heterocycles. The molecule has 0 bridgehead atoms. The molecular weight excluding hydrogens is 358 g/mol. The molecule has 7 nitrogen and oxygen atoms in total. The average molecular weight is 381 g/mol. The first-order valence-corrected chi connectivity index (χ1v) is 9.37. The van der Waals surface area contributed by atoms with Crippen molar-refractivity contribution in [1.29, 1.82) is 0 Å². The molecule has 2 aromatic heterocycles.